The van der Waals surface area contributed by atoms with Crippen molar-refractivity contribution in [2.75, 3.05) is 25.0 Å². The lowest BCUT2D eigenvalue weighted by molar-refractivity contribution is -0.128. The van der Waals surface area contributed by atoms with E-state index in [1.165, 1.54) is 11.1 Å². The number of ether oxygens (including phenoxy) is 1. The summed E-state index contributed by atoms with van der Waals surface area (Å²) in [4.78, 5) is 30.8. The van der Waals surface area contributed by atoms with Gasteiger partial charge in [-0.3, -0.25) is 9.59 Å². The average Bonchev–Trinajstić information content (AvgIpc) is 3.34. The molecule has 4 rings (SSSR count). The highest BCUT2D eigenvalue weighted by Gasteiger charge is 2.26. The van der Waals surface area contributed by atoms with Gasteiger partial charge in [0.2, 0.25) is 11.8 Å². The number of aryl methyl sites for hydroxylation is 1. The smallest absolute Gasteiger partial charge is 0.247 e. The number of aromatic nitrogens is 1. The summed E-state index contributed by atoms with van der Waals surface area (Å²) in [6.07, 6.45) is 3.18. The summed E-state index contributed by atoms with van der Waals surface area (Å²) in [5.41, 5.74) is 3.35. The second-order valence-corrected chi connectivity index (χ2v) is 8.90. The average molecular weight is 473 g/mol. The fraction of sp³-hybridized carbons (Fsp3) is 0.321. The minimum atomic E-state index is -0.504. The number of nitrogens with zero attached hydrogens (tertiary/aromatic N) is 2. The van der Waals surface area contributed by atoms with Gasteiger partial charge in [-0.05, 0) is 36.6 Å². The van der Waals surface area contributed by atoms with Crippen LogP contribution in [0, 0.1) is 6.92 Å². The van der Waals surface area contributed by atoms with Gasteiger partial charge in [-0.25, -0.2) is 4.98 Å². The third kappa shape index (κ3) is 6.90. The maximum Gasteiger partial charge on any atom is 0.247 e. The summed E-state index contributed by atoms with van der Waals surface area (Å²) in [5, 5.41) is 6.31. The lowest BCUT2D eigenvalue weighted by atomic mass is 10.1. The van der Waals surface area contributed by atoms with Crippen molar-refractivity contribution in [1.82, 2.24) is 15.2 Å². The van der Waals surface area contributed by atoms with Crippen LogP contribution in [0.3, 0.4) is 0 Å². The minimum absolute atomic E-state index is 0.0404. The lowest BCUT2D eigenvalue weighted by Crippen LogP contribution is -2.34. The van der Waals surface area contributed by atoms with Crippen molar-refractivity contribution in [3.63, 3.8) is 0 Å². The first-order valence-corrected chi connectivity index (χ1v) is 12.0. The highest BCUT2D eigenvalue weighted by molar-refractivity contribution is 5.94. The van der Waals surface area contributed by atoms with Crippen molar-refractivity contribution in [1.29, 1.82) is 0 Å². The van der Waals surface area contributed by atoms with Crippen molar-refractivity contribution in [2.45, 2.75) is 38.8 Å². The molecule has 2 atom stereocenters. The number of hydrogen-bond donors (Lipinski definition) is 2. The summed E-state index contributed by atoms with van der Waals surface area (Å²) in [5.74, 6) is 0.969. The Hall–Kier alpha value is -3.71. The van der Waals surface area contributed by atoms with Gasteiger partial charge in [-0.1, -0.05) is 60.2 Å². The van der Waals surface area contributed by atoms with Gasteiger partial charge in [-0.2, -0.15) is 0 Å². The topological polar surface area (TPSA) is 83.6 Å². The molecule has 2 heterocycles. The molecule has 0 spiro atoms. The molecule has 2 N–H and O–H groups in total. The van der Waals surface area contributed by atoms with E-state index in [9.17, 15) is 9.59 Å². The van der Waals surface area contributed by atoms with E-state index < -0.39 is 6.04 Å². The quantitative estimate of drug-likeness (QED) is 0.494. The van der Waals surface area contributed by atoms with E-state index in [2.05, 4.69) is 46.8 Å². The fourth-order valence-electron chi connectivity index (χ4n) is 4.15. The molecule has 1 aliphatic rings. The molecule has 2 aromatic carbocycles. The molecular weight excluding hydrogens is 440 g/mol. The standard InChI is InChI=1S/C28H32N4O3/c1-20-8-10-22(11-9-20)14-16-29-27(23-6-4-3-5-7-23)28(34)31-26-13-12-24(18-30-26)35-25-15-17-32(19-25)21(2)33/h3-13,18,25,27,29H,14-17,19H2,1-2H3,(H,30,31,34)/t25?,27-/m1/s1. The molecule has 0 bridgehead atoms. The molecule has 0 radical (unpaired) electrons. The Morgan fingerprint density at radius 2 is 1.86 bits per heavy atom. The SMILES string of the molecule is CC(=O)N1CCC(Oc2ccc(NC(=O)[C@H](NCCc3ccc(C)cc3)c3ccccc3)nc2)C1. The molecule has 1 saturated heterocycles. The Morgan fingerprint density at radius 1 is 1.09 bits per heavy atom. The lowest BCUT2D eigenvalue weighted by Gasteiger charge is -2.19. The Morgan fingerprint density at radius 3 is 2.51 bits per heavy atom. The molecular formula is C28H32N4O3. The Bertz CT molecular complexity index is 1120. The number of rotatable bonds is 9. The van der Waals surface area contributed by atoms with Crippen molar-refractivity contribution >= 4 is 17.6 Å². The number of benzene rings is 2. The second-order valence-electron chi connectivity index (χ2n) is 8.90. The van der Waals surface area contributed by atoms with E-state index in [1.807, 2.05) is 30.3 Å². The number of amides is 2. The van der Waals surface area contributed by atoms with E-state index in [4.69, 9.17) is 4.74 Å². The van der Waals surface area contributed by atoms with Crippen LogP contribution >= 0.6 is 0 Å². The third-order valence-corrected chi connectivity index (χ3v) is 6.16. The first-order chi connectivity index (χ1) is 17.0. The van der Waals surface area contributed by atoms with Gasteiger partial charge >= 0.3 is 0 Å². The number of nitrogens with one attached hydrogen (secondary N) is 2. The van der Waals surface area contributed by atoms with E-state index in [-0.39, 0.29) is 17.9 Å². The molecule has 1 aliphatic heterocycles. The minimum Gasteiger partial charge on any atom is -0.487 e. The number of anilines is 1. The van der Waals surface area contributed by atoms with Gasteiger partial charge < -0.3 is 20.3 Å². The number of carbonyl (C=O) groups is 2. The molecule has 2 amide bonds. The van der Waals surface area contributed by atoms with Gasteiger partial charge in [0.15, 0.2) is 0 Å². The number of pyridine rings is 1. The molecule has 1 aromatic heterocycles. The molecule has 1 unspecified atom stereocenters. The molecule has 7 nitrogen and oxygen atoms in total. The molecule has 0 aliphatic carbocycles. The van der Waals surface area contributed by atoms with Crippen LogP contribution in [0.2, 0.25) is 0 Å². The molecule has 0 saturated carbocycles. The maximum atomic E-state index is 13.2. The predicted molar refractivity (Wildman–Crippen MR) is 136 cm³/mol. The normalized spacial score (nSPS) is 16.1. The number of hydrogen-bond acceptors (Lipinski definition) is 5. The van der Waals surface area contributed by atoms with E-state index in [1.54, 1.807) is 30.2 Å². The highest BCUT2D eigenvalue weighted by atomic mass is 16.5. The molecule has 7 heteroatoms. The van der Waals surface area contributed by atoms with E-state index >= 15 is 0 Å². The van der Waals surface area contributed by atoms with Crippen molar-refractivity contribution in [3.8, 4) is 5.75 Å². The van der Waals surface area contributed by atoms with Gasteiger partial charge in [0.25, 0.3) is 0 Å². The third-order valence-electron chi connectivity index (χ3n) is 6.16. The molecule has 1 fully saturated rings. The van der Waals surface area contributed by atoms with Gasteiger partial charge in [0.1, 0.15) is 23.7 Å². The zero-order valence-electron chi connectivity index (χ0n) is 20.2. The first-order valence-electron chi connectivity index (χ1n) is 12.0. The summed E-state index contributed by atoms with van der Waals surface area (Å²) in [6, 6.07) is 21.1. The van der Waals surface area contributed by atoms with Gasteiger partial charge in [0.05, 0.1) is 12.7 Å². The van der Waals surface area contributed by atoms with Crippen LogP contribution < -0.4 is 15.4 Å². The zero-order valence-corrected chi connectivity index (χ0v) is 20.2. The fourth-order valence-corrected chi connectivity index (χ4v) is 4.15. The highest BCUT2D eigenvalue weighted by Crippen LogP contribution is 2.20. The largest absolute Gasteiger partial charge is 0.487 e. The summed E-state index contributed by atoms with van der Waals surface area (Å²) >= 11 is 0. The van der Waals surface area contributed by atoms with Crippen LogP contribution in [-0.4, -0.2) is 47.4 Å². The molecule has 182 valence electrons. The van der Waals surface area contributed by atoms with Crippen LogP contribution in [0.15, 0.2) is 72.9 Å². The van der Waals surface area contributed by atoms with E-state index in [0.717, 1.165) is 18.4 Å². The van der Waals surface area contributed by atoms with Gasteiger partial charge in [0, 0.05) is 26.4 Å². The Labute approximate surface area is 206 Å². The Kier molecular flexibility index (Phi) is 8.11. The Balaban J connectivity index is 1.35. The van der Waals surface area contributed by atoms with Crippen molar-refractivity contribution < 1.29 is 14.3 Å². The van der Waals surface area contributed by atoms with Crippen molar-refractivity contribution in [2.24, 2.45) is 0 Å². The summed E-state index contributed by atoms with van der Waals surface area (Å²) in [6.45, 7) is 5.60. The number of likely N-dealkylation sites (tertiary alicyclic amines) is 1. The van der Waals surface area contributed by atoms with E-state index in [0.29, 0.717) is 31.2 Å². The monoisotopic (exact) mass is 472 g/mol. The number of carbonyl (C=O) groups excluding carboxylic acids is 2. The maximum absolute atomic E-state index is 13.2. The molecule has 35 heavy (non-hydrogen) atoms. The van der Waals surface area contributed by atoms with Crippen LogP contribution in [0.4, 0.5) is 5.82 Å². The van der Waals surface area contributed by atoms with Crippen LogP contribution in [0.5, 0.6) is 5.75 Å². The predicted octanol–water partition coefficient (Wildman–Crippen LogP) is 3.90. The van der Waals surface area contributed by atoms with Crippen LogP contribution in [0.1, 0.15) is 36.1 Å². The summed E-state index contributed by atoms with van der Waals surface area (Å²) in [7, 11) is 0. The second kappa shape index (κ2) is 11.6. The van der Waals surface area contributed by atoms with Gasteiger partial charge in [-0.15, -0.1) is 0 Å². The van der Waals surface area contributed by atoms with Crippen molar-refractivity contribution in [3.05, 3.63) is 89.6 Å². The molecule has 3 aromatic rings. The zero-order chi connectivity index (χ0) is 24.6. The van der Waals surface area contributed by atoms with Crippen LogP contribution in [-0.2, 0) is 16.0 Å². The first kappa shape index (κ1) is 24.4. The van der Waals surface area contributed by atoms with Crippen LogP contribution in [0.25, 0.3) is 0 Å². The summed E-state index contributed by atoms with van der Waals surface area (Å²) < 4.78 is 5.95.